The van der Waals surface area contributed by atoms with E-state index in [2.05, 4.69) is 10.3 Å². The van der Waals surface area contributed by atoms with Crippen LogP contribution < -0.4 is 10.1 Å². The van der Waals surface area contributed by atoms with Gasteiger partial charge in [0, 0.05) is 28.1 Å². The van der Waals surface area contributed by atoms with E-state index in [0.29, 0.717) is 24.6 Å². The van der Waals surface area contributed by atoms with E-state index in [4.69, 9.17) is 16.3 Å². The Hall–Kier alpha value is -2.37. The second-order valence-corrected chi connectivity index (χ2v) is 7.64. The number of thiazole rings is 1. The molecule has 4 rings (SSSR count). The molecule has 1 N–H and O–H groups in total. The van der Waals surface area contributed by atoms with Crippen molar-refractivity contribution in [1.29, 1.82) is 0 Å². The molecule has 0 aliphatic carbocycles. The summed E-state index contributed by atoms with van der Waals surface area (Å²) in [6, 6.07) is 15.5. The number of hydrogen-bond donors (Lipinski definition) is 1. The summed E-state index contributed by atoms with van der Waals surface area (Å²) in [4.78, 5) is 18.1. The molecule has 3 aromatic rings. The molecule has 0 spiro atoms. The summed E-state index contributed by atoms with van der Waals surface area (Å²) < 4.78 is 5.63. The molecule has 1 unspecified atom stereocenters. The first-order chi connectivity index (χ1) is 12.7. The fourth-order valence-electron chi connectivity index (χ4n) is 3.08. The van der Waals surface area contributed by atoms with Crippen LogP contribution in [0.5, 0.6) is 5.75 Å². The largest absolute Gasteiger partial charge is 0.493 e. The van der Waals surface area contributed by atoms with E-state index in [1.54, 1.807) is 6.20 Å². The highest BCUT2D eigenvalue weighted by Crippen LogP contribution is 2.34. The Labute approximate surface area is 160 Å². The number of nitrogens with zero attached hydrogens (tertiary/aromatic N) is 1. The van der Waals surface area contributed by atoms with Crippen molar-refractivity contribution in [3.63, 3.8) is 0 Å². The van der Waals surface area contributed by atoms with Gasteiger partial charge in [-0.25, -0.2) is 4.98 Å². The Bertz CT molecular complexity index is 941. The lowest BCUT2D eigenvalue weighted by Gasteiger charge is -2.24. The Kier molecular flexibility index (Phi) is 4.91. The minimum Gasteiger partial charge on any atom is -0.493 e. The van der Waals surface area contributed by atoms with Gasteiger partial charge in [0.15, 0.2) is 5.13 Å². The van der Waals surface area contributed by atoms with Crippen LogP contribution in [0.25, 0.3) is 0 Å². The first-order valence-electron chi connectivity index (χ1n) is 8.41. The highest BCUT2D eigenvalue weighted by Gasteiger charge is 2.27. The average molecular weight is 385 g/mol. The minimum atomic E-state index is -0.212. The van der Waals surface area contributed by atoms with E-state index in [0.717, 1.165) is 26.8 Å². The second-order valence-electron chi connectivity index (χ2n) is 6.12. The van der Waals surface area contributed by atoms with E-state index >= 15 is 0 Å². The number of hydrogen-bond acceptors (Lipinski definition) is 4. The molecule has 1 atom stereocenters. The van der Waals surface area contributed by atoms with Crippen LogP contribution in [0.2, 0.25) is 5.02 Å². The Morgan fingerprint density at radius 2 is 2.04 bits per heavy atom. The molecule has 1 aliphatic heterocycles. The molecule has 0 bridgehead atoms. The van der Waals surface area contributed by atoms with Crippen molar-refractivity contribution >= 4 is 34.0 Å². The molecule has 0 saturated heterocycles. The van der Waals surface area contributed by atoms with Crippen LogP contribution in [-0.2, 0) is 11.2 Å². The Morgan fingerprint density at radius 1 is 1.23 bits per heavy atom. The zero-order valence-corrected chi connectivity index (χ0v) is 15.5. The van der Waals surface area contributed by atoms with Gasteiger partial charge in [-0.3, -0.25) is 4.79 Å². The van der Waals surface area contributed by atoms with Crippen molar-refractivity contribution in [3.8, 4) is 5.75 Å². The lowest BCUT2D eigenvalue weighted by Crippen LogP contribution is -2.26. The summed E-state index contributed by atoms with van der Waals surface area (Å²) in [5, 5.41) is 4.31. The average Bonchev–Trinajstić information content (AvgIpc) is 3.10. The number of anilines is 1. The molecule has 2 heterocycles. The number of carbonyl (C=O) groups is 1. The number of rotatable bonds is 4. The maximum atomic E-state index is 12.7. The summed E-state index contributed by atoms with van der Waals surface area (Å²) in [6.45, 7) is 0.546. The van der Waals surface area contributed by atoms with Crippen molar-refractivity contribution < 1.29 is 9.53 Å². The second kappa shape index (κ2) is 7.48. The third-order valence-corrected chi connectivity index (χ3v) is 5.66. The van der Waals surface area contributed by atoms with Gasteiger partial charge in [0.2, 0.25) is 5.91 Å². The molecule has 2 aromatic carbocycles. The molecule has 0 saturated carbocycles. The van der Waals surface area contributed by atoms with Crippen LogP contribution in [0.3, 0.4) is 0 Å². The van der Waals surface area contributed by atoms with Gasteiger partial charge in [-0.15, -0.1) is 11.3 Å². The molecular weight excluding hydrogens is 368 g/mol. The molecule has 0 radical (unpaired) electrons. The van der Waals surface area contributed by atoms with Gasteiger partial charge in [0.05, 0.1) is 12.5 Å². The van der Waals surface area contributed by atoms with Gasteiger partial charge in [-0.2, -0.15) is 0 Å². The number of ether oxygens (including phenoxy) is 1. The number of benzene rings is 2. The fourth-order valence-corrected chi connectivity index (χ4v) is 4.12. The van der Waals surface area contributed by atoms with Crippen LogP contribution >= 0.6 is 22.9 Å². The summed E-state index contributed by atoms with van der Waals surface area (Å²) >= 11 is 7.69. The van der Waals surface area contributed by atoms with Crippen molar-refractivity contribution in [3.05, 3.63) is 75.8 Å². The van der Waals surface area contributed by atoms with Gasteiger partial charge >= 0.3 is 0 Å². The highest BCUT2D eigenvalue weighted by atomic mass is 35.5. The van der Waals surface area contributed by atoms with E-state index in [1.807, 2.05) is 48.5 Å². The van der Waals surface area contributed by atoms with Gasteiger partial charge in [0.1, 0.15) is 5.75 Å². The first-order valence-corrected chi connectivity index (χ1v) is 9.61. The molecule has 26 heavy (non-hydrogen) atoms. The number of aromatic nitrogens is 1. The maximum absolute atomic E-state index is 12.7. The van der Waals surface area contributed by atoms with Crippen LogP contribution in [-0.4, -0.2) is 17.5 Å². The third kappa shape index (κ3) is 3.59. The van der Waals surface area contributed by atoms with E-state index < -0.39 is 0 Å². The van der Waals surface area contributed by atoms with Crippen molar-refractivity contribution in [1.82, 2.24) is 4.98 Å². The number of amides is 1. The van der Waals surface area contributed by atoms with E-state index in [1.165, 1.54) is 11.3 Å². The minimum absolute atomic E-state index is 0.0422. The molecule has 0 fully saturated rings. The van der Waals surface area contributed by atoms with E-state index in [9.17, 15) is 4.79 Å². The quantitative estimate of drug-likeness (QED) is 0.696. The van der Waals surface area contributed by atoms with Gasteiger partial charge < -0.3 is 10.1 Å². The predicted molar refractivity (Wildman–Crippen MR) is 104 cm³/mol. The predicted octanol–water partition coefficient (Wildman–Crippen LogP) is 4.89. The fraction of sp³-hybridized carbons (Fsp3) is 0.200. The third-order valence-electron chi connectivity index (χ3n) is 4.38. The highest BCUT2D eigenvalue weighted by molar-refractivity contribution is 7.15. The monoisotopic (exact) mass is 384 g/mol. The topological polar surface area (TPSA) is 51.2 Å². The molecule has 1 amide bonds. The summed E-state index contributed by atoms with van der Waals surface area (Å²) in [5.41, 5.74) is 1.98. The number of para-hydroxylation sites is 1. The molecule has 1 aliphatic rings. The standard InChI is InChI=1S/C20H17ClN2O2S/c21-17-7-3-1-5-13(17)11-14-12-22-20(26-14)23-19(24)16-9-10-25-18-8-4-2-6-15(16)18/h1-8,12,16H,9-11H2,(H,22,23,24). The number of fused-ring (bicyclic) bond motifs is 1. The number of carbonyl (C=O) groups excluding carboxylic acids is 1. The molecular formula is C20H17ClN2O2S. The smallest absolute Gasteiger partial charge is 0.233 e. The Morgan fingerprint density at radius 3 is 2.92 bits per heavy atom. The maximum Gasteiger partial charge on any atom is 0.233 e. The van der Waals surface area contributed by atoms with Gasteiger partial charge in [0.25, 0.3) is 0 Å². The summed E-state index contributed by atoms with van der Waals surface area (Å²) in [6.07, 6.45) is 3.16. The van der Waals surface area contributed by atoms with Gasteiger partial charge in [-0.05, 0) is 24.1 Å². The SMILES string of the molecule is O=C(Nc1ncc(Cc2ccccc2Cl)s1)C1CCOc2ccccc21. The normalized spacial score (nSPS) is 15.8. The number of nitrogens with one attached hydrogen (secondary N) is 1. The lowest BCUT2D eigenvalue weighted by molar-refractivity contribution is -0.118. The zero-order chi connectivity index (χ0) is 17.9. The Balaban J connectivity index is 1.46. The number of halogens is 1. The molecule has 1 aromatic heterocycles. The molecule has 4 nitrogen and oxygen atoms in total. The molecule has 6 heteroatoms. The van der Waals surface area contributed by atoms with Crippen molar-refractivity contribution in [2.75, 3.05) is 11.9 Å². The van der Waals surface area contributed by atoms with Crippen LogP contribution in [0.4, 0.5) is 5.13 Å². The zero-order valence-electron chi connectivity index (χ0n) is 13.9. The van der Waals surface area contributed by atoms with Crippen LogP contribution in [0, 0.1) is 0 Å². The van der Waals surface area contributed by atoms with Crippen LogP contribution in [0.1, 0.15) is 28.3 Å². The summed E-state index contributed by atoms with van der Waals surface area (Å²) in [7, 11) is 0. The van der Waals surface area contributed by atoms with Crippen molar-refractivity contribution in [2.24, 2.45) is 0 Å². The summed E-state index contributed by atoms with van der Waals surface area (Å²) in [5.74, 6) is 0.535. The lowest BCUT2D eigenvalue weighted by atomic mass is 9.92. The van der Waals surface area contributed by atoms with E-state index in [-0.39, 0.29) is 11.8 Å². The van der Waals surface area contributed by atoms with Gasteiger partial charge in [-0.1, -0.05) is 48.0 Å². The molecule has 132 valence electrons. The van der Waals surface area contributed by atoms with Crippen molar-refractivity contribution in [2.45, 2.75) is 18.8 Å². The van der Waals surface area contributed by atoms with Crippen LogP contribution in [0.15, 0.2) is 54.7 Å². The first kappa shape index (κ1) is 17.1.